The minimum Gasteiger partial charge on any atom is -0.367 e. The van der Waals surface area contributed by atoms with Crippen LogP contribution in [0.4, 0.5) is 18.9 Å². The fourth-order valence-corrected chi connectivity index (χ4v) is 2.80. The van der Waals surface area contributed by atoms with E-state index in [0.717, 1.165) is 5.56 Å². The van der Waals surface area contributed by atoms with E-state index in [1.165, 1.54) is 0 Å². The van der Waals surface area contributed by atoms with Gasteiger partial charge in [-0.1, -0.05) is 12.1 Å². The van der Waals surface area contributed by atoms with Gasteiger partial charge in [0.1, 0.15) is 5.54 Å². The van der Waals surface area contributed by atoms with Crippen molar-refractivity contribution in [2.75, 3.05) is 5.32 Å². The number of nitriles is 1. The molecule has 1 aliphatic carbocycles. The number of rotatable bonds is 2. The molecule has 0 spiro atoms. The normalized spacial score (nSPS) is 26.9. The van der Waals surface area contributed by atoms with Gasteiger partial charge in [-0.05, 0) is 50.3 Å². The molecule has 0 radical (unpaired) electrons. The van der Waals surface area contributed by atoms with Crippen molar-refractivity contribution in [2.45, 2.75) is 44.3 Å². The van der Waals surface area contributed by atoms with E-state index in [0.29, 0.717) is 18.5 Å². The maximum atomic E-state index is 12.9. The molecular weight excluding hydrogens is 265 g/mol. The van der Waals surface area contributed by atoms with Crippen molar-refractivity contribution in [3.05, 3.63) is 29.8 Å². The predicted molar refractivity (Wildman–Crippen MR) is 71.2 cm³/mol. The Morgan fingerprint density at radius 2 is 2.15 bits per heavy atom. The molecule has 0 aliphatic heterocycles. The molecule has 0 saturated heterocycles. The van der Waals surface area contributed by atoms with Gasteiger partial charge in [0.25, 0.3) is 0 Å². The van der Waals surface area contributed by atoms with Gasteiger partial charge in [-0.2, -0.15) is 18.4 Å². The average Bonchev–Trinajstić information content (AvgIpc) is 2.38. The monoisotopic (exact) mass is 282 g/mol. The van der Waals surface area contributed by atoms with Crippen LogP contribution in [0.1, 0.15) is 31.2 Å². The van der Waals surface area contributed by atoms with Crippen LogP contribution in [0.3, 0.4) is 0 Å². The summed E-state index contributed by atoms with van der Waals surface area (Å²) in [5.74, 6) is -1.40. The lowest BCUT2D eigenvalue weighted by Gasteiger charge is -2.37. The van der Waals surface area contributed by atoms with Gasteiger partial charge >= 0.3 is 6.18 Å². The number of halogens is 3. The Labute approximate surface area is 116 Å². The Morgan fingerprint density at radius 1 is 1.40 bits per heavy atom. The summed E-state index contributed by atoms with van der Waals surface area (Å²) < 4.78 is 38.7. The standard InChI is InChI=1S/C15H17F3N2/c1-11-4-2-6-13(8-11)20-14(10-19)7-3-5-12(9-14)15(16,17)18/h2,4,6,8,12,20H,3,5,7,9H2,1H3. The molecule has 2 unspecified atom stereocenters. The van der Waals surface area contributed by atoms with Gasteiger partial charge in [-0.15, -0.1) is 0 Å². The molecule has 0 bridgehead atoms. The number of nitrogens with one attached hydrogen (secondary N) is 1. The number of benzene rings is 1. The molecule has 1 saturated carbocycles. The summed E-state index contributed by atoms with van der Waals surface area (Å²) in [4.78, 5) is 0. The molecule has 0 heterocycles. The second-order valence-electron chi connectivity index (χ2n) is 5.52. The van der Waals surface area contributed by atoms with Crippen molar-refractivity contribution in [1.82, 2.24) is 0 Å². The highest BCUT2D eigenvalue weighted by Crippen LogP contribution is 2.42. The molecule has 5 heteroatoms. The second-order valence-corrected chi connectivity index (χ2v) is 5.52. The van der Waals surface area contributed by atoms with Gasteiger partial charge in [-0.3, -0.25) is 0 Å². The van der Waals surface area contributed by atoms with E-state index in [4.69, 9.17) is 0 Å². The zero-order valence-corrected chi connectivity index (χ0v) is 11.3. The van der Waals surface area contributed by atoms with Crippen molar-refractivity contribution < 1.29 is 13.2 Å². The SMILES string of the molecule is Cc1cccc(NC2(C#N)CCCC(C(F)(F)F)C2)c1. The summed E-state index contributed by atoms with van der Waals surface area (Å²) in [5.41, 5.74) is 0.590. The Kier molecular flexibility index (Phi) is 3.94. The lowest BCUT2D eigenvalue weighted by molar-refractivity contribution is -0.184. The quantitative estimate of drug-likeness (QED) is 0.871. The van der Waals surface area contributed by atoms with Crippen LogP contribution in [0.25, 0.3) is 0 Å². The lowest BCUT2D eigenvalue weighted by Crippen LogP contribution is -2.45. The molecule has 1 aromatic carbocycles. The average molecular weight is 282 g/mol. The molecule has 1 aliphatic rings. The van der Waals surface area contributed by atoms with Gasteiger partial charge in [0.2, 0.25) is 0 Å². The fourth-order valence-electron chi connectivity index (χ4n) is 2.80. The highest BCUT2D eigenvalue weighted by molar-refractivity contribution is 5.49. The van der Waals surface area contributed by atoms with Crippen LogP contribution in [0.2, 0.25) is 0 Å². The highest BCUT2D eigenvalue weighted by Gasteiger charge is 2.48. The summed E-state index contributed by atoms with van der Waals surface area (Å²) >= 11 is 0. The zero-order chi connectivity index (χ0) is 14.8. The fraction of sp³-hybridized carbons (Fsp3) is 0.533. The van der Waals surface area contributed by atoms with E-state index in [9.17, 15) is 18.4 Å². The first-order valence-electron chi connectivity index (χ1n) is 6.67. The van der Waals surface area contributed by atoms with Crippen molar-refractivity contribution in [2.24, 2.45) is 5.92 Å². The Balaban J connectivity index is 2.19. The first kappa shape index (κ1) is 14.7. The maximum absolute atomic E-state index is 12.9. The number of hydrogen-bond donors (Lipinski definition) is 1. The van der Waals surface area contributed by atoms with Gasteiger partial charge in [0, 0.05) is 5.69 Å². The van der Waals surface area contributed by atoms with Crippen molar-refractivity contribution >= 4 is 5.69 Å². The third-order valence-electron chi connectivity index (χ3n) is 3.83. The van der Waals surface area contributed by atoms with E-state index in [1.807, 2.05) is 25.1 Å². The van der Waals surface area contributed by atoms with Crippen LogP contribution in [0, 0.1) is 24.2 Å². The van der Waals surface area contributed by atoms with Gasteiger partial charge in [0.15, 0.2) is 0 Å². The van der Waals surface area contributed by atoms with Gasteiger partial charge in [0.05, 0.1) is 12.0 Å². The van der Waals surface area contributed by atoms with Crippen LogP contribution in [-0.2, 0) is 0 Å². The minimum absolute atomic E-state index is 0.114. The van der Waals surface area contributed by atoms with E-state index in [1.54, 1.807) is 6.07 Å². The van der Waals surface area contributed by atoms with Crippen molar-refractivity contribution in [3.63, 3.8) is 0 Å². The van der Waals surface area contributed by atoms with Crippen LogP contribution in [-0.4, -0.2) is 11.7 Å². The Bertz CT molecular complexity index is 519. The van der Waals surface area contributed by atoms with Gasteiger partial charge in [-0.25, -0.2) is 0 Å². The van der Waals surface area contributed by atoms with Crippen LogP contribution in [0.15, 0.2) is 24.3 Å². The molecule has 0 amide bonds. The molecule has 1 aromatic rings. The lowest BCUT2D eigenvalue weighted by atomic mass is 9.76. The Morgan fingerprint density at radius 3 is 2.75 bits per heavy atom. The minimum atomic E-state index is -4.23. The molecular formula is C15H17F3N2. The molecule has 20 heavy (non-hydrogen) atoms. The third-order valence-corrected chi connectivity index (χ3v) is 3.83. The molecule has 1 fully saturated rings. The molecule has 2 rings (SSSR count). The molecule has 108 valence electrons. The van der Waals surface area contributed by atoms with E-state index in [-0.39, 0.29) is 12.8 Å². The van der Waals surface area contributed by atoms with E-state index in [2.05, 4.69) is 11.4 Å². The summed E-state index contributed by atoms with van der Waals surface area (Å²) in [6.07, 6.45) is -3.43. The molecule has 2 atom stereocenters. The second kappa shape index (κ2) is 5.35. The number of nitrogens with zero attached hydrogens (tertiary/aromatic N) is 1. The first-order chi connectivity index (χ1) is 9.35. The van der Waals surface area contributed by atoms with Gasteiger partial charge < -0.3 is 5.32 Å². The van der Waals surface area contributed by atoms with Crippen molar-refractivity contribution in [1.29, 1.82) is 5.26 Å². The smallest absolute Gasteiger partial charge is 0.367 e. The molecule has 2 nitrogen and oxygen atoms in total. The topological polar surface area (TPSA) is 35.8 Å². The third kappa shape index (κ3) is 3.24. The first-order valence-corrected chi connectivity index (χ1v) is 6.67. The van der Waals surface area contributed by atoms with Crippen molar-refractivity contribution in [3.8, 4) is 6.07 Å². The van der Waals surface area contributed by atoms with Crippen LogP contribution < -0.4 is 5.32 Å². The molecule has 0 aromatic heterocycles. The highest BCUT2D eigenvalue weighted by atomic mass is 19.4. The summed E-state index contributed by atoms with van der Waals surface area (Å²) in [5, 5.41) is 12.4. The van der Waals surface area contributed by atoms with E-state index >= 15 is 0 Å². The number of anilines is 1. The predicted octanol–water partition coefficient (Wildman–Crippen LogP) is 4.42. The summed E-state index contributed by atoms with van der Waals surface area (Å²) in [6.45, 7) is 1.91. The van der Waals surface area contributed by atoms with E-state index < -0.39 is 17.6 Å². The number of alkyl halides is 3. The molecule has 1 N–H and O–H groups in total. The number of hydrogen-bond acceptors (Lipinski definition) is 2. The van der Waals surface area contributed by atoms with Crippen LogP contribution in [0.5, 0.6) is 0 Å². The Hall–Kier alpha value is -1.70. The summed E-state index contributed by atoms with van der Waals surface area (Å²) in [7, 11) is 0. The number of aryl methyl sites for hydroxylation is 1. The maximum Gasteiger partial charge on any atom is 0.391 e. The summed E-state index contributed by atoms with van der Waals surface area (Å²) in [6, 6.07) is 9.43. The largest absolute Gasteiger partial charge is 0.391 e. The van der Waals surface area contributed by atoms with Crippen LogP contribution >= 0.6 is 0 Å². The zero-order valence-electron chi connectivity index (χ0n) is 11.3.